The Morgan fingerprint density at radius 1 is 1.33 bits per heavy atom. The molecule has 0 aliphatic rings. The van der Waals surface area contributed by atoms with Crippen molar-refractivity contribution in [3.8, 4) is 11.8 Å². The Bertz CT molecular complexity index is 224. The highest BCUT2D eigenvalue weighted by atomic mass is 16.1. The fourth-order valence-corrected chi connectivity index (χ4v) is 1.61. The van der Waals surface area contributed by atoms with Crippen LogP contribution in [0.5, 0.6) is 0 Å². The van der Waals surface area contributed by atoms with Crippen molar-refractivity contribution in [2.45, 2.75) is 52.4 Å². The van der Waals surface area contributed by atoms with Gasteiger partial charge in [0, 0.05) is 19.3 Å². The monoisotopic (exact) mass is 209 g/mol. The van der Waals surface area contributed by atoms with Gasteiger partial charge in [0.15, 0.2) is 0 Å². The third kappa shape index (κ3) is 8.20. The van der Waals surface area contributed by atoms with Crippen molar-refractivity contribution in [1.29, 1.82) is 0 Å². The quantitative estimate of drug-likeness (QED) is 0.624. The number of carbonyl (C=O) groups is 1. The van der Waals surface area contributed by atoms with Gasteiger partial charge in [0.2, 0.25) is 0 Å². The lowest BCUT2D eigenvalue weighted by Gasteiger charge is -2.12. The molecule has 0 amide bonds. The van der Waals surface area contributed by atoms with Crippen molar-refractivity contribution in [3.05, 3.63) is 0 Å². The molecule has 0 bridgehead atoms. The van der Waals surface area contributed by atoms with Crippen molar-refractivity contribution in [2.24, 2.45) is 11.7 Å². The second-order valence-corrected chi connectivity index (χ2v) is 3.86. The smallest absolute Gasteiger partial charge is 0.133 e. The SMILES string of the molecule is CC#CCCC(=O)CCC(CC)CCN. The minimum absolute atomic E-state index is 0.341. The van der Waals surface area contributed by atoms with Gasteiger partial charge < -0.3 is 5.73 Å². The summed E-state index contributed by atoms with van der Waals surface area (Å²) in [6.45, 7) is 4.69. The van der Waals surface area contributed by atoms with E-state index in [2.05, 4.69) is 18.8 Å². The van der Waals surface area contributed by atoms with Crippen LogP contribution in [0.3, 0.4) is 0 Å². The van der Waals surface area contributed by atoms with Crippen LogP contribution >= 0.6 is 0 Å². The summed E-state index contributed by atoms with van der Waals surface area (Å²) in [5.74, 6) is 6.68. The summed E-state index contributed by atoms with van der Waals surface area (Å²) in [5.41, 5.74) is 5.51. The molecule has 0 heterocycles. The van der Waals surface area contributed by atoms with Crippen LogP contribution in [-0.2, 0) is 4.79 Å². The van der Waals surface area contributed by atoms with Crippen LogP contribution < -0.4 is 5.73 Å². The molecular formula is C13H23NO. The van der Waals surface area contributed by atoms with Crippen molar-refractivity contribution < 1.29 is 4.79 Å². The van der Waals surface area contributed by atoms with E-state index in [1.807, 2.05) is 0 Å². The molecular weight excluding hydrogens is 186 g/mol. The number of rotatable bonds is 8. The lowest BCUT2D eigenvalue weighted by molar-refractivity contribution is -0.119. The van der Waals surface area contributed by atoms with E-state index in [9.17, 15) is 4.79 Å². The first-order valence-corrected chi connectivity index (χ1v) is 5.85. The average Bonchev–Trinajstić information content (AvgIpc) is 2.24. The van der Waals surface area contributed by atoms with Crippen LogP contribution in [0.25, 0.3) is 0 Å². The number of hydrogen-bond acceptors (Lipinski definition) is 2. The Kier molecular flexibility index (Phi) is 9.21. The van der Waals surface area contributed by atoms with Gasteiger partial charge in [0.25, 0.3) is 0 Å². The molecule has 0 fully saturated rings. The predicted molar refractivity (Wildman–Crippen MR) is 64.4 cm³/mol. The lowest BCUT2D eigenvalue weighted by Crippen LogP contribution is -2.10. The fourth-order valence-electron chi connectivity index (χ4n) is 1.61. The summed E-state index contributed by atoms with van der Waals surface area (Å²) in [4.78, 5) is 11.4. The Morgan fingerprint density at radius 3 is 2.60 bits per heavy atom. The standard InChI is InChI=1S/C13H23NO/c1-3-5-6-7-13(15)9-8-12(4-2)10-11-14/h12H,4,6-11,14H2,1-2H3. The van der Waals surface area contributed by atoms with E-state index < -0.39 is 0 Å². The van der Waals surface area contributed by atoms with E-state index in [-0.39, 0.29) is 0 Å². The maximum Gasteiger partial charge on any atom is 0.133 e. The molecule has 0 spiro atoms. The van der Waals surface area contributed by atoms with Gasteiger partial charge in [-0.25, -0.2) is 0 Å². The zero-order valence-corrected chi connectivity index (χ0v) is 10.0. The first kappa shape index (κ1) is 14.2. The van der Waals surface area contributed by atoms with Crippen LogP contribution in [-0.4, -0.2) is 12.3 Å². The third-order valence-corrected chi connectivity index (χ3v) is 2.69. The molecule has 0 aliphatic carbocycles. The summed E-state index contributed by atoms with van der Waals surface area (Å²) in [5, 5.41) is 0. The topological polar surface area (TPSA) is 43.1 Å². The maximum absolute atomic E-state index is 11.4. The van der Waals surface area contributed by atoms with Gasteiger partial charge in [0.1, 0.15) is 5.78 Å². The minimum Gasteiger partial charge on any atom is -0.330 e. The Hall–Kier alpha value is -0.810. The van der Waals surface area contributed by atoms with E-state index in [1.54, 1.807) is 6.92 Å². The van der Waals surface area contributed by atoms with E-state index in [0.29, 0.717) is 31.0 Å². The Labute approximate surface area is 93.6 Å². The minimum atomic E-state index is 0.341. The first-order valence-electron chi connectivity index (χ1n) is 5.85. The number of Topliss-reactive ketones (excluding diaryl/α,β-unsaturated/α-hetero) is 1. The zero-order valence-electron chi connectivity index (χ0n) is 10.0. The molecule has 1 atom stereocenters. The second kappa shape index (κ2) is 9.73. The lowest BCUT2D eigenvalue weighted by atomic mass is 9.95. The zero-order chi connectivity index (χ0) is 11.5. The van der Waals surface area contributed by atoms with Gasteiger partial charge in [0.05, 0.1) is 0 Å². The molecule has 0 aromatic heterocycles. The summed E-state index contributed by atoms with van der Waals surface area (Å²) in [7, 11) is 0. The van der Waals surface area contributed by atoms with Gasteiger partial charge in [-0.1, -0.05) is 13.3 Å². The van der Waals surface area contributed by atoms with Crippen LogP contribution in [0.2, 0.25) is 0 Å². The normalized spacial score (nSPS) is 11.7. The van der Waals surface area contributed by atoms with E-state index in [0.717, 1.165) is 25.8 Å². The van der Waals surface area contributed by atoms with E-state index in [1.165, 1.54) is 0 Å². The van der Waals surface area contributed by atoms with Crippen LogP contribution in [0.1, 0.15) is 52.4 Å². The third-order valence-electron chi connectivity index (χ3n) is 2.69. The molecule has 1 unspecified atom stereocenters. The van der Waals surface area contributed by atoms with Gasteiger partial charge in [-0.2, -0.15) is 0 Å². The fraction of sp³-hybridized carbons (Fsp3) is 0.769. The van der Waals surface area contributed by atoms with Crippen LogP contribution in [0.15, 0.2) is 0 Å². The summed E-state index contributed by atoms with van der Waals surface area (Å²) < 4.78 is 0. The number of carbonyl (C=O) groups excluding carboxylic acids is 1. The maximum atomic E-state index is 11.4. The van der Waals surface area contributed by atoms with Gasteiger partial charge in [-0.15, -0.1) is 11.8 Å². The van der Waals surface area contributed by atoms with Gasteiger partial charge in [-0.3, -0.25) is 4.79 Å². The Morgan fingerprint density at radius 2 is 2.07 bits per heavy atom. The predicted octanol–water partition coefficient (Wildman–Crippen LogP) is 2.51. The molecule has 2 N–H and O–H groups in total. The molecule has 0 aliphatic heterocycles. The molecule has 15 heavy (non-hydrogen) atoms. The van der Waals surface area contributed by atoms with Gasteiger partial charge >= 0.3 is 0 Å². The number of ketones is 1. The molecule has 86 valence electrons. The number of hydrogen-bond donors (Lipinski definition) is 1. The molecule has 0 saturated heterocycles. The largest absolute Gasteiger partial charge is 0.330 e. The highest BCUT2D eigenvalue weighted by molar-refractivity contribution is 5.78. The van der Waals surface area contributed by atoms with Crippen molar-refractivity contribution >= 4 is 5.78 Å². The molecule has 0 aromatic carbocycles. The first-order chi connectivity index (χ1) is 7.24. The van der Waals surface area contributed by atoms with Crippen molar-refractivity contribution in [3.63, 3.8) is 0 Å². The van der Waals surface area contributed by atoms with Crippen molar-refractivity contribution in [2.75, 3.05) is 6.54 Å². The highest BCUT2D eigenvalue weighted by Gasteiger charge is 2.08. The van der Waals surface area contributed by atoms with Crippen LogP contribution in [0.4, 0.5) is 0 Å². The molecule has 0 radical (unpaired) electrons. The van der Waals surface area contributed by atoms with Crippen LogP contribution in [0, 0.1) is 17.8 Å². The second-order valence-electron chi connectivity index (χ2n) is 3.86. The molecule has 0 rings (SSSR count). The summed E-state index contributed by atoms with van der Waals surface area (Å²) in [6, 6.07) is 0. The highest BCUT2D eigenvalue weighted by Crippen LogP contribution is 2.15. The van der Waals surface area contributed by atoms with Gasteiger partial charge in [-0.05, 0) is 32.2 Å². The molecule has 2 nitrogen and oxygen atoms in total. The van der Waals surface area contributed by atoms with E-state index in [4.69, 9.17) is 5.73 Å². The number of nitrogens with two attached hydrogens (primary N) is 1. The molecule has 0 saturated carbocycles. The Balaban J connectivity index is 3.61. The molecule has 0 aromatic rings. The van der Waals surface area contributed by atoms with Crippen molar-refractivity contribution in [1.82, 2.24) is 0 Å². The van der Waals surface area contributed by atoms with E-state index >= 15 is 0 Å². The molecule has 2 heteroatoms. The summed E-state index contributed by atoms with van der Waals surface area (Å²) >= 11 is 0. The average molecular weight is 209 g/mol. The summed E-state index contributed by atoms with van der Waals surface area (Å²) in [6.07, 6.45) is 5.18.